The van der Waals surface area contributed by atoms with E-state index in [1.807, 2.05) is 0 Å². The van der Waals surface area contributed by atoms with Gasteiger partial charge in [0.15, 0.2) is 5.82 Å². The van der Waals surface area contributed by atoms with Gasteiger partial charge in [-0.05, 0) is 6.07 Å². The van der Waals surface area contributed by atoms with Crippen LogP contribution < -0.4 is 5.73 Å². The summed E-state index contributed by atoms with van der Waals surface area (Å²) in [6, 6.07) is 5.15. The number of nitrogens with two attached hydrogens (primary N) is 1. The van der Waals surface area contributed by atoms with Crippen LogP contribution in [0.1, 0.15) is 5.56 Å². The zero-order valence-corrected chi connectivity index (χ0v) is 8.58. The van der Waals surface area contributed by atoms with E-state index in [4.69, 9.17) is 10.5 Å². The lowest BCUT2D eigenvalue weighted by Crippen LogP contribution is -2.35. The van der Waals surface area contributed by atoms with Gasteiger partial charge in [-0.25, -0.2) is 4.39 Å². The molecule has 4 heteroatoms. The SMILES string of the molecule is Nc1cccc(CN2CCOCC2)c1F. The maximum absolute atomic E-state index is 13.6. The first kappa shape index (κ1) is 10.4. The monoisotopic (exact) mass is 210 g/mol. The topological polar surface area (TPSA) is 38.5 Å². The maximum atomic E-state index is 13.6. The summed E-state index contributed by atoms with van der Waals surface area (Å²) in [6.45, 7) is 3.77. The lowest BCUT2D eigenvalue weighted by molar-refractivity contribution is 0.0337. The van der Waals surface area contributed by atoms with Gasteiger partial charge in [-0.3, -0.25) is 4.90 Å². The Labute approximate surface area is 88.6 Å². The second kappa shape index (κ2) is 4.59. The van der Waals surface area contributed by atoms with E-state index in [9.17, 15) is 4.39 Å². The maximum Gasteiger partial charge on any atom is 0.150 e. The van der Waals surface area contributed by atoms with Gasteiger partial charge in [0, 0.05) is 25.2 Å². The Bertz CT molecular complexity index is 337. The fourth-order valence-electron chi connectivity index (χ4n) is 1.72. The highest BCUT2D eigenvalue weighted by Gasteiger charge is 2.13. The molecule has 1 aromatic carbocycles. The minimum atomic E-state index is -0.288. The molecule has 1 aromatic rings. The van der Waals surface area contributed by atoms with Crippen LogP contribution in [0, 0.1) is 5.82 Å². The molecule has 0 saturated carbocycles. The van der Waals surface area contributed by atoms with Crippen LogP contribution in [0.4, 0.5) is 10.1 Å². The van der Waals surface area contributed by atoms with E-state index in [2.05, 4.69) is 4.90 Å². The van der Waals surface area contributed by atoms with Crippen molar-refractivity contribution in [3.05, 3.63) is 29.6 Å². The van der Waals surface area contributed by atoms with E-state index in [1.165, 1.54) is 0 Å². The van der Waals surface area contributed by atoms with Crippen LogP contribution in [-0.4, -0.2) is 31.2 Å². The van der Waals surface area contributed by atoms with Gasteiger partial charge in [-0.2, -0.15) is 0 Å². The van der Waals surface area contributed by atoms with Gasteiger partial charge in [0.2, 0.25) is 0 Å². The van der Waals surface area contributed by atoms with Gasteiger partial charge in [-0.15, -0.1) is 0 Å². The average molecular weight is 210 g/mol. The highest BCUT2D eigenvalue weighted by molar-refractivity contribution is 5.42. The third-order valence-electron chi connectivity index (χ3n) is 2.61. The van der Waals surface area contributed by atoms with E-state index >= 15 is 0 Å². The highest BCUT2D eigenvalue weighted by Crippen LogP contribution is 2.16. The van der Waals surface area contributed by atoms with Crippen LogP contribution in [-0.2, 0) is 11.3 Å². The van der Waals surface area contributed by atoms with Crippen molar-refractivity contribution in [2.24, 2.45) is 0 Å². The number of halogens is 1. The molecule has 1 aliphatic heterocycles. The Kier molecular flexibility index (Phi) is 3.18. The van der Waals surface area contributed by atoms with Crippen LogP contribution >= 0.6 is 0 Å². The average Bonchev–Trinajstić information content (AvgIpc) is 2.26. The third kappa shape index (κ3) is 2.46. The highest BCUT2D eigenvalue weighted by atomic mass is 19.1. The molecule has 1 fully saturated rings. The molecule has 82 valence electrons. The van der Waals surface area contributed by atoms with Gasteiger partial charge in [0.1, 0.15) is 0 Å². The van der Waals surface area contributed by atoms with Gasteiger partial charge < -0.3 is 10.5 Å². The molecule has 1 aliphatic rings. The molecule has 0 atom stereocenters. The van der Waals surface area contributed by atoms with Crippen LogP contribution in [0.25, 0.3) is 0 Å². The summed E-state index contributed by atoms with van der Waals surface area (Å²) in [5, 5.41) is 0. The Hall–Kier alpha value is -1.13. The summed E-state index contributed by atoms with van der Waals surface area (Å²) in [4.78, 5) is 2.17. The fourth-order valence-corrected chi connectivity index (χ4v) is 1.72. The van der Waals surface area contributed by atoms with E-state index in [1.54, 1.807) is 18.2 Å². The molecular weight excluding hydrogens is 195 g/mol. The smallest absolute Gasteiger partial charge is 0.150 e. The van der Waals surface area contributed by atoms with E-state index in [0.717, 1.165) is 26.3 Å². The van der Waals surface area contributed by atoms with Gasteiger partial charge in [-0.1, -0.05) is 12.1 Å². The van der Waals surface area contributed by atoms with Gasteiger partial charge in [0.25, 0.3) is 0 Å². The predicted octanol–water partition coefficient (Wildman–Crippen LogP) is 1.24. The summed E-state index contributed by atoms with van der Waals surface area (Å²) in [6.07, 6.45) is 0. The second-order valence-corrected chi connectivity index (χ2v) is 3.71. The number of morpholine rings is 1. The van der Waals surface area contributed by atoms with Crippen LogP contribution in [0.3, 0.4) is 0 Å². The molecule has 3 nitrogen and oxygen atoms in total. The summed E-state index contributed by atoms with van der Waals surface area (Å²) >= 11 is 0. The number of nitrogen functional groups attached to an aromatic ring is 1. The molecule has 0 amide bonds. The van der Waals surface area contributed by atoms with Crippen molar-refractivity contribution < 1.29 is 9.13 Å². The number of nitrogens with zero attached hydrogens (tertiary/aromatic N) is 1. The Morgan fingerprint density at radius 3 is 2.80 bits per heavy atom. The van der Waals surface area contributed by atoms with Gasteiger partial charge in [0.05, 0.1) is 18.9 Å². The standard InChI is InChI=1S/C11H15FN2O/c12-11-9(2-1-3-10(11)13)8-14-4-6-15-7-5-14/h1-3H,4-8,13H2. The number of benzene rings is 1. The lowest BCUT2D eigenvalue weighted by Gasteiger charge is -2.26. The zero-order valence-electron chi connectivity index (χ0n) is 8.58. The third-order valence-corrected chi connectivity index (χ3v) is 2.61. The molecule has 0 spiro atoms. The molecule has 0 bridgehead atoms. The fraction of sp³-hybridized carbons (Fsp3) is 0.455. The number of rotatable bonds is 2. The van der Waals surface area contributed by atoms with Crippen molar-refractivity contribution in [3.63, 3.8) is 0 Å². The van der Waals surface area contributed by atoms with Crippen molar-refractivity contribution in [3.8, 4) is 0 Å². The lowest BCUT2D eigenvalue weighted by atomic mass is 10.1. The quantitative estimate of drug-likeness (QED) is 0.746. The van der Waals surface area contributed by atoms with E-state index < -0.39 is 0 Å². The summed E-state index contributed by atoms with van der Waals surface area (Å²) in [7, 11) is 0. The molecule has 1 heterocycles. The normalized spacial score (nSPS) is 17.9. The molecule has 0 aromatic heterocycles. The van der Waals surface area contributed by atoms with Gasteiger partial charge >= 0.3 is 0 Å². The van der Waals surface area contributed by atoms with E-state index in [-0.39, 0.29) is 11.5 Å². The number of hydrogen-bond donors (Lipinski definition) is 1. The molecule has 1 saturated heterocycles. The van der Waals surface area contributed by atoms with Crippen molar-refractivity contribution in [2.45, 2.75) is 6.54 Å². The molecule has 15 heavy (non-hydrogen) atoms. The number of hydrogen-bond acceptors (Lipinski definition) is 3. The van der Waals surface area contributed by atoms with Crippen LogP contribution in [0.5, 0.6) is 0 Å². The minimum Gasteiger partial charge on any atom is -0.396 e. The summed E-state index contributed by atoms with van der Waals surface area (Å²) < 4.78 is 18.8. The largest absolute Gasteiger partial charge is 0.396 e. The van der Waals surface area contributed by atoms with E-state index in [0.29, 0.717) is 12.1 Å². The molecule has 0 radical (unpaired) electrons. The van der Waals surface area contributed by atoms with Crippen LogP contribution in [0.2, 0.25) is 0 Å². The molecule has 2 N–H and O–H groups in total. The first-order chi connectivity index (χ1) is 7.27. The van der Waals surface area contributed by atoms with Crippen LogP contribution in [0.15, 0.2) is 18.2 Å². The second-order valence-electron chi connectivity index (χ2n) is 3.71. The van der Waals surface area contributed by atoms with Crippen molar-refractivity contribution in [1.82, 2.24) is 4.90 Å². The van der Waals surface area contributed by atoms with Crippen molar-refractivity contribution >= 4 is 5.69 Å². The number of ether oxygens (including phenoxy) is 1. The Balaban J connectivity index is 2.06. The zero-order chi connectivity index (χ0) is 10.7. The predicted molar refractivity (Wildman–Crippen MR) is 56.9 cm³/mol. The Morgan fingerprint density at radius 2 is 2.07 bits per heavy atom. The summed E-state index contributed by atoms with van der Waals surface area (Å²) in [5.74, 6) is -0.288. The van der Waals surface area contributed by atoms with Crippen molar-refractivity contribution in [2.75, 3.05) is 32.0 Å². The summed E-state index contributed by atoms with van der Waals surface area (Å²) in [5.41, 5.74) is 6.39. The molecule has 0 unspecified atom stereocenters. The first-order valence-corrected chi connectivity index (χ1v) is 5.10. The molecule has 0 aliphatic carbocycles. The number of anilines is 1. The van der Waals surface area contributed by atoms with Crippen molar-refractivity contribution in [1.29, 1.82) is 0 Å². The molecular formula is C11H15FN2O. The first-order valence-electron chi connectivity index (χ1n) is 5.10. The molecule has 2 rings (SSSR count). The minimum absolute atomic E-state index is 0.223. The Morgan fingerprint density at radius 1 is 1.33 bits per heavy atom.